The summed E-state index contributed by atoms with van der Waals surface area (Å²) in [7, 11) is 0. The quantitative estimate of drug-likeness (QED) is 0.610. The molecule has 82 valence electrons. The molecule has 3 N–H and O–H groups in total. The fourth-order valence-corrected chi connectivity index (χ4v) is 1.28. The molecule has 2 unspecified atom stereocenters. The highest BCUT2D eigenvalue weighted by atomic mass is 16.3. The first kappa shape index (κ1) is 11.8. The number of hydrogen-bond donors (Lipinski definition) is 3. The van der Waals surface area contributed by atoms with Gasteiger partial charge in [-0.15, -0.1) is 0 Å². The van der Waals surface area contributed by atoms with Crippen LogP contribution in [0.5, 0.6) is 0 Å². The van der Waals surface area contributed by atoms with Crippen molar-refractivity contribution in [2.45, 2.75) is 18.6 Å². The third-order valence-electron chi connectivity index (χ3n) is 2.20. The van der Waals surface area contributed by atoms with E-state index in [1.807, 2.05) is 0 Å². The zero-order valence-electron chi connectivity index (χ0n) is 8.21. The number of aldehydes is 1. The highest BCUT2D eigenvalue weighted by Crippen LogP contribution is 2.18. The molecular weight excluding hydrogens is 196 g/mol. The predicted octanol–water partition coefficient (Wildman–Crippen LogP) is 0.276. The Kier molecular flexibility index (Phi) is 4.42. The van der Waals surface area contributed by atoms with Gasteiger partial charge in [0.2, 0.25) is 0 Å². The molecule has 0 fully saturated rings. The number of benzene rings is 1. The maximum atomic E-state index is 10.4. The average Bonchev–Trinajstić information content (AvgIpc) is 2.28. The number of aliphatic hydroxyl groups excluding tert-OH is 3. The predicted molar refractivity (Wildman–Crippen MR) is 54.5 cm³/mol. The molecule has 0 radical (unpaired) electrons. The fourth-order valence-electron chi connectivity index (χ4n) is 1.28. The average molecular weight is 210 g/mol. The molecule has 4 heteroatoms. The molecule has 0 saturated heterocycles. The molecule has 0 aliphatic carbocycles. The number of hydrogen-bond acceptors (Lipinski definition) is 4. The van der Waals surface area contributed by atoms with Gasteiger partial charge in [-0.1, -0.05) is 24.3 Å². The SMILES string of the molecule is O=Cc1ccc(C(O)C(O)CCO)cc1. The van der Waals surface area contributed by atoms with Gasteiger partial charge in [0.05, 0.1) is 6.10 Å². The maximum absolute atomic E-state index is 10.4. The summed E-state index contributed by atoms with van der Waals surface area (Å²) in [6, 6.07) is 6.29. The van der Waals surface area contributed by atoms with E-state index in [2.05, 4.69) is 0 Å². The van der Waals surface area contributed by atoms with Crippen molar-refractivity contribution in [1.29, 1.82) is 0 Å². The van der Waals surface area contributed by atoms with Crippen LogP contribution in [0.25, 0.3) is 0 Å². The van der Waals surface area contributed by atoms with Gasteiger partial charge in [-0.25, -0.2) is 0 Å². The van der Waals surface area contributed by atoms with Crippen LogP contribution in [-0.4, -0.2) is 34.3 Å². The largest absolute Gasteiger partial charge is 0.396 e. The van der Waals surface area contributed by atoms with Crippen LogP contribution < -0.4 is 0 Å². The van der Waals surface area contributed by atoms with Crippen LogP contribution in [-0.2, 0) is 0 Å². The second-order valence-electron chi connectivity index (χ2n) is 3.31. The molecule has 0 heterocycles. The van der Waals surface area contributed by atoms with E-state index in [0.717, 1.165) is 0 Å². The molecule has 0 amide bonds. The van der Waals surface area contributed by atoms with Gasteiger partial charge in [-0.2, -0.15) is 0 Å². The third kappa shape index (κ3) is 3.13. The summed E-state index contributed by atoms with van der Waals surface area (Å²) in [6.07, 6.45) is -1.19. The summed E-state index contributed by atoms with van der Waals surface area (Å²) >= 11 is 0. The number of rotatable bonds is 5. The lowest BCUT2D eigenvalue weighted by molar-refractivity contribution is 0.00421. The Morgan fingerprint density at radius 3 is 2.27 bits per heavy atom. The molecule has 0 aromatic heterocycles. The van der Waals surface area contributed by atoms with E-state index in [4.69, 9.17) is 5.11 Å². The Bertz CT molecular complexity index is 307. The van der Waals surface area contributed by atoms with Crippen molar-refractivity contribution in [2.75, 3.05) is 6.61 Å². The van der Waals surface area contributed by atoms with Gasteiger partial charge in [-0.05, 0) is 12.0 Å². The van der Waals surface area contributed by atoms with Crippen molar-refractivity contribution in [3.63, 3.8) is 0 Å². The number of carbonyl (C=O) groups excluding carboxylic acids is 1. The van der Waals surface area contributed by atoms with Crippen LogP contribution in [0.1, 0.15) is 28.4 Å². The first-order valence-corrected chi connectivity index (χ1v) is 4.71. The molecular formula is C11H14O4. The summed E-state index contributed by atoms with van der Waals surface area (Å²) in [5.41, 5.74) is 1.05. The lowest BCUT2D eigenvalue weighted by Crippen LogP contribution is -2.19. The van der Waals surface area contributed by atoms with Gasteiger partial charge >= 0.3 is 0 Å². The topological polar surface area (TPSA) is 77.8 Å². The van der Waals surface area contributed by atoms with Gasteiger partial charge in [0.15, 0.2) is 0 Å². The van der Waals surface area contributed by atoms with Crippen LogP contribution in [0.4, 0.5) is 0 Å². The van der Waals surface area contributed by atoms with Crippen LogP contribution in [0.15, 0.2) is 24.3 Å². The molecule has 0 aliphatic heterocycles. The molecule has 0 bridgehead atoms. The van der Waals surface area contributed by atoms with E-state index in [1.54, 1.807) is 24.3 Å². The maximum Gasteiger partial charge on any atom is 0.150 e. The van der Waals surface area contributed by atoms with Gasteiger partial charge in [0.1, 0.15) is 12.4 Å². The molecule has 4 nitrogen and oxygen atoms in total. The van der Waals surface area contributed by atoms with E-state index in [1.165, 1.54) is 0 Å². The molecule has 1 aromatic carbocycles. The van der Waals surface area contributed by atoms with Crippen molar-refractivity contribution < 1.29 is 20.1 Å². The lowest BCUT2D eigenvalue weighted by Gasteiger charge is -2.17. The summed E-state index contributed by atoms with van der Waals surface area (Å²) in [6.45, 7) is -0.176. The summed E-state index contributed by atoms with van der Waals surface area (Å²) in [5, 5.41) is 27.6. The van der Waals surface area contributed by atoms with Crippen molar-refractivity contribution in [3.05, 3.63) is 35.4 Å². The number of aliphatic hydroxyl groups is 3. The minimum Gasteiger partial charge on any atom is -0.396 e. The minimum absolute atomic E-state index is 0.122. The monoisotopic (exact) mass is 210 g/mol. The van der Waals surface area contributed by atoms with Crippen LogP contribution in [0, 0.1) is 0 Å². The molecule has 0 spiro atoms. The first-order chi connectivity index (χ1) is 7.19. The summed E-state index contributed by atoms with van der Waals surface area (Å²) in [4.78, 5) is 10.4. The third-order valence-corrected chi connectivity index (χ3v) is 2.20. The molecule has 1 aromatic rings. The van der Waals surface area contributed by atoms with Crippen molar-refractivity contribution in [2.24, 2.45) is 0 Å². The smallest absolute Gasteiger partial charge is 0.150 e. The van der Waals surface area contributed by atoms with Gasteiger partial charge in [0.25, 0.3) is 0 Å². The van der Waals surface area contributed by atoms with Gasteiger partial charge in [-0.3, -0.25) is 4.79 Å². The second-order valence-corrected chi connectivity index (χ2v) is 3.31. The Morgan fingerprint density at radius 1 is 1.20 bits per heavy atom. The lowest BCUT2D eigenvalue weighted by atomic mass is 10.0. The molecule has 1 rings (SSSR count). The van der Waals surface area contributed by atoms with Crippen LogP contribution >= 0.6 is 0 Å². The molecule has 0 aliphatic rings. The van der Waals surface area contributed by atoms with E-state index in [9.17, 15) is 15.0 Å². The van der Waals surface area contributed by atoms with Gasteiger partial charge < -0.3 is 15.3 Å². The molecule has 0 saturated carbocycles. The van der Waals surface area contributed by atoms with Crippen molar-refractivity contribution >= 4 is 6.29 Å². The Hall–Kier alpha value is -1.23. The van der Waals surface area contributed by atoms with E-state index >= 15 is 0 Å². The number of carbonyl (C=O) groups is 1. The highest BCUT2D eigenvalue weighted by molar-refractivity contribution is 5.74. The summed E-state index contributed by atoms with van der Waals surface area (Å²) in [5.74, 6) is 0. The minimum atomic E-state index is -1.03. The zero-order valence-corrected chi connectivity index (χ0v) is 8.21. The first-order valence-electron chi connectivity index (χ1n) is 4.71. The van der Waals surface area contributed by atoms with Crippen molar-refractivity contribution in [1.82, 2.24) is 0 Å². The zero-order chi connectivity index (χ0) is 11.3. The van der Waals surface area contributed by atoms with E-state index in [-0.39, 0.29) is 13.0 Å². The second kappa shape index (κ2) is 5.60. The fraction of sp³-hybridized carbons (Fsp3) is 0.364. The normalized spacial score (nSPS) is 14.6. The van der Waals surface area contributed by atoms with Gasteiger partial charge in [0, 0.05) is 12.2 Å². The summed E-state index contributed by atoms with van der Waals surface area (Å²) < 4.78 is 0. The van der Waals surface area contributed by atoms with E-state index in [0.29, 0.717) is 17.4 Å². The van der Waals surface area contributed by atoms with E-state index < -0.39 is 12.2 Å². The van der Waals surface area contributed by atoms with Crippen molar-refractivity contribution in [3.8, 4) is 0 Å². The Balaban J connectivity index is 2.73. The van der Waals surface area contributed by atoms with Crippen LogP contribution in [0.2, 0.25) is 0 Å². The molecule has 15 heavy (non-hydrogen) atoms. The molecule has 2 atom stereocenters. The highest BCUT2D eigenvalue weighted by Gasteiger charge is 2.17. The standard InChI is InChI=1S/C11H14O4/c12-6-5-10(14)11(15)9-3-1-8(7-13)2-4-9/h1-4,7,10-12,14-15H,5-6H2. The Morgan fingerprint density at radius 2 is 1.80 bits per heavy atom. The Labute approximate surface area is 87.8 Å². The van der Waals surface area contributed by atoms with Crippen LogP contribution in [0.3, 0.4) is 0 Å².